The molecule has 0 saturated heterocycles. The molecule has 0 N–H and O–H groups in total. The van der Waals surface area contributed by atoms with Gasteiger partial charge >= 0.3 is 0 Å². The van der Waals surface area contributed by atoms with Gasteiger partial charge in [0.25, 0.3) is 0 Å². The van der Waals surface area contributed by atoms with E-state index in [1.54, 1.807) is 0 Å². The average Bonchev–Trinajstić information content (AvgIpc) is 3.14. The minimum Gasteiger partial charge on any atom is -0.301 e. The van der Waals surface area contributed by atoms with Crippen molar-refractivity contribution in [2.45, 2.75) is 6.92 Å². The summed E-state index contributed by atoms with van der Waals surface area (Å²) in [7, 11) is 0. The van der Waals surface area contributed by atoms with Crippen LogP contribution in [-0.4, -0.2) is 9.55 Å². The van der Waals surface area contributed by atoms with Crippen molar-refractivity contribution in [2.24, 2.45) is 0 Å². The van der Waals surface area contributed by atoms with Crippen LogP contribution < -0.4 is 0 Å². The molecule has 3 rings (SSSR count). The van der Waals surface area contributed by atoms with Crippen LogP contribution in [0.15, 0.2) is 18.7 Å². The Morgan fingerprint density at radius 1 is 0.654 bits per heavy atom. The monoisotopic (exact) mass is 378 g/mol. The van der Waals surface area contributed by atoms with Crippen LogP contribution in [0.2, 0.25) is 0 Å². The fraction of sp³-hybridized carbons (Fsp3) is 0.0625. The highest BCUT2D eigenvalue weighted by molar-refractivity contribution is 5.69. The maximum Gasteiger partial charge on any atom is 0.186 e. The van der Waals surface area contributed by atoms with E-state index in [-0.39, 0.29) is 0 Å². The van der Waals surface area contributed by atoms with Gasteiger partial charge in [0.15, 0.2) is 46.5 Å². The van der Waals surface area contributed by atoms with Crippen molar-refractivity contribution in [2.75, 3.05) is 0 Å². The topological polar surface area (TPSA) is 17.8 Å². The van der Waals surface area contributed by atoms with Crippen LogP contribution in [0.1, 0.15) is 5.56 Å². The van der Waals surface area contributed by atoms with Crippen molar-refractivity contribution in [3.05, 3.63) is 70.8 Å². The third kappa shape index (κ3) is 2.36. The fourth-order valence-corrected chi connectivity index (χ4v) is 2.42. The second-order valence-corrected chi connectivity index (χ2v) is 5.21. The number of nitrogens with zero attached hydrogens (tertiary/aromatic N) is 2. The lowest BCUT2D eigenvalue weighted by Crippen LogP contribution is -2.11. The third-order valence-corrected chi connectivity index (χ3v) is 3.74. The number of aromatic nitrogens is 2. The van der Waals surface area contributed by atoms with Crippen molar-refractivity contribution in [1.82, 2.24) is 9.55 Å². The number of rotatable bonds is 2. The number of imidazole rings is 1. The van der Waals surface area contributed by atoms with Gasteiger partial charge in [0.05, 0.1) is 17.5 Å². The van der Waals surface area contributed by atoms with Gasteiger partial charge in [-0.2, -0.15) is 0 Å². The van der Waals surface area contributed by atoms with Gasteiger partial charge in [-0.15, -0.1) is 0 Å². The molecule has 0 aliphatic carbocycles. The lowest BCUT2D eigenvalue weighted by Gasteiger charge is -2.15. The highest BCUT2D eigenvalue weighted by atomic mass is 19.2. The molecule has 0 saturated carbocycles. The molecular formula is C16H6F8N2. The van der Waals surface area contributed by atoms with E-state index >= 15 is 0 Å². The van der Waals surface area contributed by atoms with Crippen LogP contribution in [0.5, 0.6) is 0 Å². The first-order valence-corrected chi connectivity index (χ1v) is 6.85. The molecule has 2 nitrogen and oxygen atoms in total. The number of hydrogen-bond donors (Lipinski definition) is 0. The molecule has 0 unspecified atom stereocenters. The molecule has 136 valence electrons. The summed E-state index contributed by atoms with van der Waals surface area (Å²) in [6, 6.07) is 0. The van der Waals surface area contributed by atoms with Crippen LogP contribution in [0, 0.1) is 53.5 Å². The van der Waals surface area contributed by atoms with Crippen LogP contribution in [0.25, 0.3) is 16.8 Å². The molecule has 1 heterocycles. The van der Waals surface area contributed by atoms with E-state index in [9.17, 15) is 35.1 Å². The molecular weight excluding hydrogens is 372 g/mol. The highest BCUT2D eigenvalue weighted by Gasteiger charge is 2.33. The van der Waals surface area contributed by atoms with Crippen LogP contribution in [0.4, 0.5) is 35.1 Å². The lowest BCUT2D eigenvalue weighted by atomic mass is 9.99. The molecule has 0 aliphatic rings. The van der Waals surface area contributed by atoms with E-state index in [0.717, 1.165) is 18.7 Å². The maximum atomic E-state index is 14.3. The van der Waals surface area contributed by atoms with E-state index in [2.05, 4.69) is 4.98 Å². The van der Waals surface area contributed by atoms with E-state index in [0.29, 0.717) is 11.5 Å². The summed E-state index contributed by atoms with van der Waals surface area (Å²) in [6.45, 7) is 0.677. The Bertz CT molecular complexity index is 970. The summed E-state index contributed by atoms with van der Waals surface area (Å²) < 4.78 is 113. The van der Waals surface area contributed by atoms with Gasteiger partial charge in [-0.1, -0.05) is 0 Å². The summed E-state index contributed by atoms with van der Waals surface area (Å²) >= 11 is 0. The van der Waals surface area contributed by atoms with E-state index < -0.39 is 68.9 Å². The predicted octanol–water partition coefficient (Wildman–Crippen LogP) is 4.96. The number of hydrogen-bond acceptors (Lipinski definition) is 1. The largest absolute Gasteiger partial charge is 0.301 e. The standard InChI is InChI=1S/C16H6F8N2/c1-5-8(17)10(19)6(11(20)9(5)18)7-12(21)14(23)16(15(24)13(7)22)26-3-2-25-4-26/h2-4H,1H3. The molecule has 0 amide bonds. The molecule has 0 bridgehead atoms. The van der Waals surface area contributed by atoms with E-state index in [1.165, 1.54) is 0 Å². The van der Waals surface area contributed by atoms with Crippen molar-refractivity contribution in [3.63, 3.8) is 0 Å². The minimum absolute atomic E-state index is 0.573. The van der Waals surface area contributed by atoms with Crippen LogP contribution in [-0.2, 0) is 0 Å². The molecule has 3 aromatic rings. The summed E-state index contributed by atoms with van der Waals surface area (Å²) in [5.41, 5.74) is -6.15. The summed E-state index contributed by atoms with van der Waals surface area (Å²) in [6.07, 6.45) is 2.81. The summed E-state index contributed by atoms with van der Waals surface area (Å²) in [5, 5.41) is 0. The normalized spacial score (nSPS) is 11.3. The van der Waals surface area contributed by atoms with Gasteiger partial charge < -0.3 is 4.57 Å². The molecule has 0 spiro atoms. The number of halogens is 8. The molecule has 2 aromatic carbocycles. The van der Waals surface area contributed by atoms with Crippen molar-refractivity contribution in [1.29, 1.82) is 0 Å². The van der Waals surface area contributed by atoms with Gasteiger partial charge in [0, 0.05) is 18.0 Å². The van der Waals surface area contributed by atoms with Gasteiger partial charge in [0.2, 0.25) is 0 Å². The highest BCUT2D eigenvalue weighted by Crippen LogP contribution is 2.38. The van der Waals surface area contributed by atoms with Crippen molar-refractivity contribution >= 4 is 0 Å². The first-order chi connectivity index (χ1) is 12.2. The van der Waals surface area contributed by atoms with Gasteiger partial charge in [0.1, 0.15) is 5.69 Å². The predicted molar refractivity (Wildman–Crippen MR) is 73.4 cm³/mol. The Balaban J connectivity index is 2.44. The Morgan fingerprint density at radius 3 is 1.46 bits per heavy atom. The molecule has 0 atom stereocenters. The van der Waals surface area contributed by atoms with Gasteiger partial charge in [-0.3, -0.25) is 0 Å². The van der Waals surface area contributed by atoms with Crippen molar-refractivity contribution in [3.8, 4) is 16.8 Å². The van der Waals surface area contributed by atoms with Crippen LogP contribution in [0.3, 0.4) is 0 Å². The zero-order valence-electron chi connectivity index (χ0n) is 12.7. The molecule has 0 fully saturated rings. The third-order valence-electron chi connectivity index (χ3n) is 3.74. The fourth-order valence-electron chi connectivity index (χ4n) is 2.42. The van der Waals surface area contributed by atoms with Crippen LogP contribution >= 0.6 is 0 Å². The quantitative estimate of drug-likeness (QED) is 0.455. The van der Waals surface area contributed by atoms with E-state index in [1.807, 2.05) is 0 Å². The molecule has 26 heavy (non-hydrogen) atoms. The molecule has 1 aromatic heterocycles. The molecule has 0 radical (unpaired) electrons. The smallest absolute Gasteiger partial charge is 0.186 e. The lowest BCUT2D eigenvalue weighted by molar-refractivity contribution is 0.434. The van der Waals surface area contributed by atoms with E-state index in [4.69, 9.17) is 0 Å². The zero-order valence-corrected chi connectivity index (χ0v) is 12.7. The Hall–Kier alpha value is -2.91. The number of benzene rings is 2. The zero-order chi connectivity index (χ0) is 19.3. The van der Waals surface area contributed by atoms with Gasteiger partial charge in [-0.05, 0) is 6.92 Å². The van der Waals surface area contributed by atoms with Gasteiger partial charge in [-0.25, -0.2) is 40.1 Å². The molecule has 10 heteroatoms. The maximum absolute atomic E-state index is 14.3. The first-order valence-electron chi connectivity index (χ1n) is 6.85. The SMILES string of the molecule is Cc1c(F)c(F)c(-c2c(F)c(F)c(-n3ccnc3)c(F)c2F)c(F)c1F. The Labute approximate surface area is 140 Å². The Kier molecular flexibility index (Phi) is 4.21. The Morgan fingerprint density at radius 2 is 1.08 bits per heavy atom. The van der Waals surface area contributed by atoms with Crippen molar-refractivity contribution < 1.29 is 35.1 Å². The average molecular weight is 378 g/mol. The second kappa shape index (κ2) is 6.11. The minimum atomic E-state index is -2.23. The molecule has 0 aliphatic heterocycles. The first kappa shape index (κ1) is 17.9. The second-order valence-electron chi connectivity index (χ2n) is 5.21. The summed E-state index contributed by atoms with van der Waals surface area (Å²) in [4.78, 5) is 3.45. The summed E-state index contributed by atoms with van der Waals surface area (Å²) in [5.74, 6) is -16.8.